The molecule has 0 aliphatic carbocycles. The van der Waals surface area contributed by atoms with Crippen molar-refractivity contribution in [1.82, 2.24) is 20.9 Å². The fraction of sp³-hybridized carbons (Fsp3) is 0.258. The second kappa shape index (κ2) is 14.1. The van der Waals surface area contributed by atoms with E-state index in [0.29, 0.717) is 30.9 Å². The molecule has 1 aromatic heterocycles. The minimum atomic E-state index is -0.801. The normalized spacial score (nSPS) is 11.6. The van der Waals surface area contributed by atoms with Gasteiger partial charge in [-0.1, -0.05) is 48.5 Å². The van der Waals surface area contributed by atoms with Gasteiger partial charge in [-0.3, -0.25) is 15.1 Å². The number of pyridine rings is 1. The van der Waals surface area contributed by atoms with Crippen molar-refractivity contribution in [3.8, 4) is 11.1 Å². The molecule has 2 amide bonds. The molecule has 40 heavy (non-hydrogen) atoms. The van der Waals surface area contributed by atoms with Crippen LogP contribution in [0.5, 0.6) is 0 Å². The van der Waals surface area contributed by atoms with Crippen LogP contribution in [-0.2, 0) is 4.74 Å². The van der Waals surface area contributed by atoms with E-state index in [1.54, 1.807) is 20.2 Å². The van der Waals surface area contributed by atoms with Crippen molar-refractivity contribution in [3.63, 3.8) is 0 Å². The first-order chi connectivity index (χ1) is 19.5. The van der Waals surface area contributed by atoms with E-state index in [2.05, 4.69) is 26.3 Å². The third-order valence-corrected chi connectivity index (χ3v) is 6.43. The van der Waals surface area contributed by atoms with Gasteiger partial charge in [0.2, 0.25) is 0 Å². The van der Waals surface area contributed by atoms with E-state index in [0.717, 1.165) is 46.1 Å². The number of aromatic nitrogens is 1. The Morgan fingerprint density at radius 3 is 2.40 bits per heavy atom. The van der Waals surface area contributed by atoms with Crippen molar-refractivity contribution in [2.75, 3.05) is 32.1 Å². The van der Waals surface area contributed by atoms with Gasteiger partial charge in [0.15, 0.2) is 0 Å². The van der Waals surface area contributed by atoms with Gasteiger partial charge in [-0.25, -0.2) is 4.79 Å². The van der Waals surface area contributed by atoms with Crippen LogP contribution in [-0.4, -0.2) is 48.8 Å². The molecule has 0 aliphatic heterocycles. The number of fused-ring (bicyclic) bond motifs is 1. The minimum Gasteiger partial charge on any atom is -0.450 e. The molecule has 0 radical (unpaired) electrons. The Balaban J connectivity index is 1.47. The number of hydrogen-bond acceptors (Lipinski definition) is 7. The van der Waals surface area contributed by atoms with E-state index in [1.165, 1.54) is 0 Å². The van der Waals surface area contributed by atoms with Crippen LogP contribution >= 0.6 is 0 Å². The highest BCUT2D eigenvalue weighted by Gasteiger charge is 2.16. The Labute approximate surface area is 234 Å². The first-order valence-corrected chi connectivity index (χ1v) is 13.4. The van der Waals surface area contributed by atoms with Crippen molar-refractivity contribution >= 4 is 34.3 Å². The van der Waals surface area contributed by atoms with Gasteiger partial charge in [0.05, 0.1) is 23.4 Å². The molecule has 9 heteroatoms. The lowest BCUT2D eigenvalue weighted by molar-refractivity contribution is 0.0963. The lowest BCUT2D eigenvalue weighted by Crippen LogP contribution is -2.26. The quantitative estimate of drug-likeness (QED) is 0.125. The SMILES string of the molecule is CCOC(=O)NCCCCNC(O)c1ccc(-c2ccc3ncc(C(=O)NC)c(Nc4ccccc4)c3c2)cc1. The average Bonchev–Trinajstić information content (AvgIpc) is 2.99. The summed E-state index contributed by atoms with van der Waals surface area (Å²) in [6.45, 7) is 3.25. The molecule has 4 aromatic rings. The molecule has 3 aromatic carbocycles. The summed E-state index contributed by atoms with van der Waals surface area (Å²) in [6.07, 6.45) is 1.95. The second-order valence-corrected chi connectivity index (χ2v) is 9.18. The van der Waals surface area contributed by atoms with Gasteiger partial charge in [-0.2, -0.15) is 0 Å². The molecule has 1 atom stereocenters. The number of nitrogens with one attached hydrogen (secondary N) is 4. The van der Waals surface area contributed by atoms with E-state index < -0.39 is 12.3 Å². The first kappa shape index (κ1) is 28.5. The van der Waals surface area contributed by atoms with Gasteiger partial charge < -0.3 is 25.8 Å². The van der Waals surface area contributed by atoms with Gasteiger partial charge in [0.1, 0.15) is 6.23 Å². The highest BCUT2D eigenvalue weighted by Crippen LogP contribution is 2.33. The summed E-state index contributed by atoms with van der Waals surface area (Å²) in [7, 11) is 1.60. The second-order valence-electron chi connectivity index (χ2n) is 9.18. The van der Waals surface area contributed by atoms with E-state index in [1.807, 2.05) is 72.8 Å². The number of aliphatic hydroxyl groups is 1. The number of benzene rings is 3. The molecule has 9 nitrogen and oxygen atoms in total. The van der Waals surface area contributed by atoms with Gasteiger partial charge in [-0.15, -0.1) is 0 Å². The Kier molecular flexibility index (Phi) is 10.0. The predicted molar refractivity (Wildman–Crippen MR) is 158 cm³/mol. The maximum absolute atomic E-state index is 12.7. The molecule has 0 spiro atoms. The summed E-state index contributed by atoms with van der Waals surface area (Å²) < 4.78 is 4.83. The van der Waals surface area contributed by atoms with Crippen LogP contribution in [0.15, 0.2) is 79.0 Å². The minimum absolute atomic E-state index is 0.223. The first-order valence-electron chi connectivity index (χ1n) is 13.4. The summed E-state index contributed by atoms with van der Waals surface area (Å²) >= 11 is 0. The molecule has 0 aliphatic rings. The smallest absolute Gasteiger partial charge is 0.407 e. The van der Waals surface area contributed by atoms with Gasteiger partial charge in [0, 0.05) is 30.9 Å². The van der Waals surface area contributed by atoms with Crippen LogP contribution in [0.1, 0.15) is 41.9 Å². The maximum Gasteiger partial charge on any atom is 0.407 e. The maximum atomic E-state index is 12.7. The Bertz CT molecular complexity index is 1430. The zero-order chi connectivity index (χ0) is 28.3. The third-order valence-electron chi connectivity index (χ3n) is 6.43. The summed E-state index contributed by atoms with van der Waals surface area (Å²) in [5.41, 5.74) is 5.46. The number of nitrogens with zero attached hydrogens (tertiary/aromatic N) is 1. The van der Waals surface area contributed by atoms with Crippen molar-refractivity contribution < 1.29 is 19.4 Å². The molecule has 1 heterocycles. The monoisotopic (exact) mass is 541 g/mol. The highest BCUT2D eigenvalue weighted by molar-refractivity contribution is 6.08. The summed E-state index contributed by atoms with van der Waals surface area (Å²) in [5.74, 6) is -0.223. The fourth-order valence-electron chi connectivity index (χ4n) is 4.32. The topological polar surface area (TPSA) is 125 Å². The molecule has 0 bridgehead atoms. The van der Waals surface area contributed by atoms with Gasteiger partial charge >= 0.3 is 6.09 Å². The summed E-state index contributed by atoms with van der Waals surface area (Å²) in [5, 5.41) is 23.3. The number of hydrogen-bond donors (Lipinski definition) is 5. The number of unbranched alkanes of at least 4 members (excludes halogenated alkanes) is 1. The Morgan fingerprint density at radius 2 is 1.68 bits per heavy atom. The lowest BCUT2D eigenvalue weighted by atomic mass is 9.99. The number of para-hydroxylation sites is 1. The van der Waals surface area contributed by atoms with Crippen LogP contribution in [0, 0.1) is 0 Å². The number of rotatable bonds is 12. The number of amides is 2. The third kappa shape index (κ3) is 7.34. The van der Waals surface area contributed by atoms with Crippen molar-refractivity contribution in [3.05, 3.63) is 90.1 Å². The van der Waals surface area contributed by atoms with Gasteiger partial charge in [-0.05, 0) is 67.3 Å². The van der Waals surface area contributed by atoms with E-state index in [9.17, 15) is 14.7 Å². The van der Waals surface area contributed by atoms with Crippen molar-refractivity contribution in [1.29, 1.82) is 0 Å². The molecule has 0 saturated heterocycles. The Hall–Kier alpha value is -4.47. The molecular formula is C31H35N5O4. The summed E-state index contributed by atoms with van der Waals surface area (Å²) in [6, 6.07) is 23.4. The van der Waals surface area contributed by atoms with Crippen LogP contribution < -0.4 is 21.3 Å². The zero-order valence-corrected chi connectivity index (χ0v) is 22.7. The zero-order valence-electron chi connectivity index (χ0n) is 22.7. The molecule has 5 N–H and O–H groups in total. The van der Waals surface area contributed by atoms with E-state index >= 15 is 0 Å². The number of carbonyl (C=O) groups is 2. The number of alkyl carbamates (subject to hydrolysis) is 1. The highest BCUT2D eigenvalue weighted by atomic mass is 16.5. The number of carbonyl (C=O) groups excluding carboxylic acids is 2. The molecule has 208 valence electrons. The number of anilines is 2. The predicted octanol–water partition coefficient (Wildman–Crippen LogP) is 5.11. The average molecular weight is 542 g/mol. The molecular weight excluding hydrogens is 506 g/mol. The lowest BCUT2D eigenvalue weighted by Gasteiger charge is -2.16. The largest absolute Gasteiger partial charge is 0.450 e. The Morgan fingerprint density at radius 1 is 0.950 bits per heavy atom. The van der Waals surface area contributed by atoms with Gasteiger partial charge in [0.25, 0.3) is 5.91 Å². The van der Waals surface area contributed by atoms with Crippen LogP contribution in [0.4, 0.5) is 16.2 Å². The van der Waals surface area contributed by atoms with Crippen LogP contribution in [0.2, 0.25) is 0 Å². The fourth-order valence-corrected chi connectivity index (χ4v) is 4.32. The molecule has 1 unspecified atom stereocenters. The van der Waals surface area contributed by atoms with E-state index in [4.69, 9.17) is 4.74 Å². The number of ether oxygens (including phenoxy) is 1. The molecule has 0 saturated carbocycles. The van der Waals surface area contributed by atoms with Crippen molar-refractivity contribution in [2.45, 2.75) is 26.0 Å². The van der Waals surface area contributed by atoms with Crippen LogP contribution in [0.25, 0.3) is 22.0 Å². The molecule has 0 fully saturated rings. The molecule has 4 rings (SSSR count). The number of aliphatic hydroxyl groups excluding tert-OH is 1. The van der Waals surface area contributed by atoms with Crippen molar-refractivity contribution in [2.24, 2.45) is 0 Å². The van der Waals surface area contributed by atoms with Crippen LogP contribution in [0.3, 0.4) is 0 Å². The standard InChI is InChI=1S/C31H35N5O4/c1-3-40-31(39)34-18-8-7-17-33-29(37)22-13-11-21(12-14-22)23-15-16-27-25(19-23)28(26(20-35-27)30(38)32-2)36-24-9-5-4-6-10-24/h4-6,9-16,19-20,29,33,37H,3,7-8,17-18H2,1-2H3,(H,32,38)(H,34,39)(H,35,36). The summed E-state index contributed by atoms with van der Waals surface area (Å²) in [4.78, 5) is 28.5. The van der Waals surface area contributed by atoms with E-state index in [-0.39, 0.29) is 5.91 Å².